The molecule has 0 amide bonds. The minimum Gasteiger partial charge on any atom is -0.480 e. The Hall–Kier alpha value is -0.860. The SMILES string of the molecule is CN1CCN(S(=O)(=O)c2cc(Cl)cc(Cl)c2)[C@H](C(=O)O)C1. The number of likely N-dealkylation sites (N-methyl/N-ethyl adjacent to an activating group) is 1. The van der Waals surface area contributed by atoms with Crippen LogP contribution in [0.15, 0.2) is 23.1 Å². The molecule has 2 rings (SSSR count). The van der Waals surface area contributed by atoms with Crippen molar-refractivity contribution in [3.05, 3.63) is 28.2 Å². The van der Waals surface area contributed by atoms with Gasteiger partial charge in [0.1, 0.15) is 6.04 Å². The van der Waals surface area contributed by atoms with Crippen LogP contribution in [0.4, 0.5) is 0 Å². The van der Waals surface area contributed by atoms with Gasteiger partial charge in [0.05, 0.1) is 4.90 Å². The second-order valence-corrected chi connectivity index (χ2v) is 7.60. The first kappa shape index (κ1) is 16.5. The van der Waals surface area contributed by atoms with Crippen LogP contribution >= 0.6 is 23.2 Å². The molecule has 6 nitrogen and oxygen atoms in total. The smallest absolute Gasteiger partial charge is 0.323 e. The first-order chi connectivity index (χ1) is 9.71. The van der Waals surface area contributed by atoms with Crippen molar-refractivity contribution in [3.8, 4) is 0 Å². The third-order valence-electron chi connectivity index (χ3n) is 3.26. The molecule has 0 aliphatic carbocycles. The number of piperazine rings is 1. The zero-order valence-electron chi connectivity index (χ0n) is 11.2. The number of benzene rings is 1. The van der Waals surface area contributed by atoms with E-state index in [9.17, 15) is 18.3 Å². The first-order valence-electron chi connectivity index (χ1n) is 6.11. The predicted molar refractivity (Wildman–Crippen MR) is 79.3 cm³/mol. The summed E-state index contributed by atoms with van der Waals surface area (Å²) in [6.45, 7) is 0.681. The summed E-state index contributed by atoms with van der Waals surface area (Å²) in [5.41, 5.74) is 0. The number of halogens is 2. The molecule has 1 aliphatic heterocycles. The van der Waals surface area contributed by atoms with Crippen molar-refractivity contribution >= 4 is 39.2 Å². The minimum absolute atomic E-state index is 0.0972. The fraction of sp³-hybridized carbons (Fsp3) is 0.417. The molecule has 1 fully saturated rings. The van der Waals surface area contributed by atoms with E-state index in [2.05, 4.69) is 0 Å². The normalized spacial score (nSPS) is 21.4. The fourth-order valence-electron chi connectivity index (χ4n) is 2.20. The van der Waals surface area contributed by atoms with Gasteiger partial charge in [-0.3, -0.25) is 4.79 Å². The highest BCUT2D eigenvalue weighted by Crippen LogP contribution is 2.27. The van der Waals surface area contributed by atoms with Crippen LogP contribution in [0, 0.1) is 0 Å². The Kier molecular flexibility index (Phi) is 4.79. The third kappa shape index (κ3) is 3.49. The van der Waals surface area contributed by atoms with Gasteiger partial charge in [0.2, 0.25) is 10.0 Å². The number of carboxylic acids is 1. The average molecular weight is 353 g/mol. The van der Waals surface area contributed by atoms with Gasteiger partial charge in [0, 0.05) is 29.7 Å². The standard InChI is InChI=1S/C12H14Cl2N2O4S/c1-15-2-3-16(11(7-15)12(17)18)21(19,20)10-5-8(13)4-9(14)6-10/h4-6,11H,2-3,7H2,1H3,(H,17,18)/t11-/m0/s1. The summed E-state index contributed by atoms with van der Waals surface area (Å²) in [7, 11) is -2.22. The van der Waals surface area contributed by atoms with Crippen LogP contribution in [0.2, 0.25) is 10.0 Å². The molecule has 1 saturated heterocycles. The van der Waals surface area contributed by atoms with E-state index < -0.39 is 22.0 Å². The lowest BCUT2D eigenvalue weighted by Gasteiger charge is -2.36. The molecule has 0 bridgehead atoms. The van der Waals surface area contributed by atoms with Crippen molar-refractivity contribution in [2.45, 2.75) is 10.9 Å². The summed E-state index contributed by atoms with van der Waals surface area (Å²) in [4.78, 5) is 13.0. The number of carbonyl (C=O) groups is 1. The lowest BCUT2D eigenvalue weighted by atomic mass is 10.2. The quantitative estimate of drug-likeness (QED) is 0.888. The van der Waals surface area contributed by atoms with Crippen LogP contribution in [0.5, 0.6) is 0 Å². The van der Waals surface area contributed by atoms with E-state index in [0.29, 0.717) is 6.54 Å². The number of rotatable bonds is 3. The van der Waals surface area contributed by atoms with Gasteiger partial charge in [-0.05, 0) is 25.2 Å². The minimum atomic E-state index is -3.97. The average Bonchev–Trinajstić information content (AvgIpc) is 2.37. The van der Waals surface area contributed by atoms with E-state index in [1.165, 1.54) is 18.2 Å². The summed E-state index contributed by atoms with van der Waals surface area (Å²) >= 11 is 11.7. The lowest BCUT2D eigenvalue weighted by molar-refractivity contribution is -0.143. The maximum absolute atomic E-state index is 12.6. The molecule has 1 atom stereocenters. The zero-order chi connectivity index (χ0) is 15.8. The molecule has 1 aliphatic rings. The van der Waals surface area contributed by atoms with Gasteiger partial charge in [-0.2, -0.15) is 4.31 Å². The van der Waals surface area contributed by atoms with E-state index in [4.69, 9.17) is 23.2 Å². The summed E-state index contributed by atoms with van der Waals surface area (Å²) < 4.78 is 26.3. The number of sulfonamides is 1. The molecule has 116 valence electrons. The molecule has 1 N–H and O–H groups in total. The molecule has 21 heavy (non-hydrogen) atoms. The molecule has 0 saturated carbocycles. The topological polar surface area (TPSA) is 77.9 Å². The Labute approximate surface area is 132 Å². The second-order valence-electron chi connectivity index (χ2n) is 4.84. The summed E-state index contributed by atoms with van der Waals surface area (Å²) in [6, 6.07) is 2.81. The lowest BCUT2D eigenvalue weighted by Crippen LogP contribution is -2.57. The highest BCUT2D eigenvalue weighted by Gasteiger charge is 2.39. The van der Waals surface area contributed by atoms with E-state index in [0.717, 1.165) is 4.31 Å². The number of aliphatic carboxylic acids is 1. The molecular weight excluding hydrogens is 339 g/mol. The fourth-order valence-corrected chi connectivity index (χ4v) is 4.50. The van der Waals surface area contributed by atoms with E-state index in [1.54, 1.807) is 11.9 Å². The Balaban J connectivity index is 2.44. The van der Waals surface area contributed by atoms with Crippen molar-refractivity contribution < 1.29 is 18.3 Å². The summed E-state index contributed by atoms with van der Waals surface area (Å²) in [5, 5.41) is 9.63. The largest absolute Gasteiger partial charge is 0.480 e. The Morgan fingerprint density at radius 1 is 1.24 bits per heavy atom. The zero-order valence-corrected chi connectivity index (χ0v) is 13.5. The molecule has 0 aromatic heterocycles. The van der Waals surface area contributed by atoms with Crippen LogP contribution in [0.1, 0.15) is 0 Å². The van der Waals surface area contributed by atoms with E-state index >= 15 is 0 Å². The summed E-state index contributed by atoms with van der Waals surface area (Å²) in [5.74, 6) is -1.18. The number of hydrogen-bond donors (Lipinski definition) is 1. The monoisotopic (exact) mass is 352 g/mol. The maximum Gasteiger partial charge on any atom is 0.323 e. The molecule has 1 aromatic rings. The van der Waals surface area contributed by atoms with Crippen molar-refractivity contribution in [3.63, 3.8) is 0 Å². The van der Waals surface area contributed by atoms with Gasteiger partial charge in [-0.25, -0.2) is 8.42 Å². The number of nitrogens with zero attached hydrogens (tertiary/aromatic N) is 2. The highest BCUT2D eigenvalue weighted by molar-refractivity contribution is 7.89. The van der Waals surface area contributed by atoms with Crippen LogP contribution in [0.25, 0.3) is 0 Å². The Morgan fingerprint density at radius 3 is 2.33 bits per heavy atom. The number of carboxylic acid groups (broad SMARTS) is 1. The first-order valence-corrected chi connectivity index (χ1v) is 8.30. The van der Waals surface area contributed by atoms with Crippen LogP contribution < -0.4 is 0 Å². The van der Waals surface area contributed by atoms with Gasteiger partial charge in [-0.15, -0.1) is 0 Å². The Morgan fingerprint density at radius 2 is 1.81 bits per heavy atom. The van der Waals surface area contributed by atoms with E-state index in [1.807, 2.05) is 0 Å². The molecule has 9 heteroatoms. The van der Waals surface area contributed by atoms with Crippen LogP contribution in [0.3, 0.4) is 0 Å². The summed E-state index contributed by atoms with van der Waals surface area (Å²) in [6.07, 6.45) is 0. The number of hydrogen-bond acceptors (Lipinski definition) is 4. The van der Waals surface area contributed by atoms with Gasteiger partial charge in [0.15, 0.2) is 0 Å². The second kappa shape index (κ2) is 6.10. The van der Waals surface area contributed by atoms with Gasteiger partial charge in [-0.1, -0.05) is 23.2 Å². The van der Waals surface area contributed by atoms with Crippen molar-refractivity contribution in [2.75, 3.05) is 26.7 Å². The molecule has 0 spiro atoms. The van der Waals surface area contributed by atoms with Crippen LogP contribution in [-0.2, 0) is 14.8 Å². The van der Waals surface area contributed by atoms with Gasteiger partial charge in [0.25, 0.3) is 0 Å². The molecule has 1 aromatic carbocycles. The highest BCUT2D eigenvalue weighted by atomic mass is 35.5. The predicted octanol–water partition coefficient (Wildman–Crippen LogP) is 1.38. The molecular formula is C12H14Cl2N2O4S. The van der Waals surface area contributed by atoms with Gasteiger partial charge >= 0.3 is 5.97 Å². The van der Waals surface area contributed by atoms with Crippen LogP contribution in [-0.4, -0.2) is 61.4 Å². The molecule has 0 radical (unpaired) electrons. The third-order valence-corrected chi connectivity index (χ3v) is 5.58. The van der Waals surface area contributed by atoms with Crippen molar-refractivity contribution in [1.82, 2.24) is 9.21 Å². The molecule has 1 heterocycles. The Bertz CT molecular complexity index is 645. The van der Waals surface area contributed by atoms with E-state index in [-0.39, 0.29) is 28.0 Å². The maximum atomic E-state index is 12.6. The van der Waals surface area contributed by atoms with Crippen molar-refractivity contribution in [1.29, 1.82) is 0 Å². The van der Waals surface area contributed by atoms with Gasteiger partial charge < -0.3 is 10.0 Å². The molecule has 0 unspecified atom stereocenters. The van der Waals surface area contributed by atoms with Crippen molar-refractivity contribution in [2.24, 2.45) is 0 Å².